The number of nitrogens with two attached hydrogens (primary N) is 1. The first-order chi connectivity index (χ1) is 10.5. The first-order valence-electron chi connectivity index (χ1n) is 7.23. The molecule has 2 aromatic rings. The maximum absolute atomic E-state index is 6.33. The van der Waals surface area contributed by atoms with Gasteiger partial charge in [-0.05, 0) is 38.0 Å². The highest BCUT2D eigenvalue weighted by molar-refractivity contribution is 6.35. The summed E-state index contributed by atoms with van der Waals surface area (Å²) in [6, 6.07) is 5.04. The predicted molar refractivity (Wildman–Crippen MR) is 84.1 cm³/mol. The second-order valence-electron chi connectivity index (χ2n) is 5.65. The first-order valence-corrected chi connectivity index (χ1v) is 7.98. The molecule has 0 radical (unpaired) electrons. The molecule has 0 aliphatic heterocycles. The van der Waals surface area contributed by atoms with Gasteiger partial charge in [0.05, 0.1) is 10.6 Å². The lowest BCUT2D eigenvalue weighted by molar-refractivity contribution is 0.175. The number of nitrogens with zero attached hydrogens (tertiary/aromatic N) is 2. The molecule has 22 heavy (non-hydrogen) atoms. The molecule has 1 aromatic heterocycles. The molecule has 1 atom stereocenters. The zero-order valence-electron chi connectivity index (χ0n) is 12.2. The van der Waals surface area contributed by atoms with Gasteiger partial charge in [-0.25, -0.2) is 0 Å². The van der Waals surface area contributed by atoms with Crippen molar-refractivity contribution in [3.8, 4) is 5.75 Å². The van der Waals surface area contributed by atoms with Crippen LogP contribution in [0, 0.1) is 0 Å². The Morgan fingerprint density at radius 3 is 2.73 bits per heavy atom. The van der Waals surface area contributed by atoms with Crippen molar-refractivity contribution in [2.45, 2.75) is 44.2 Å². The Hall–Kier alpha value is -1.30. The molecule has 7 heteroatoms. The van der Waals surface area contributed by atoms with E-state index in [1.54, 1.807) is 18.2 Å². The Morgan fingerprint density at radius 1 is 1.32 bits per heavy atom. The van der Waals surface area contributed by atoms with Crippen molar-refractivity contribution in [2.75, 3.05) is 0 Å². The van der Waals surface area contributed by atoms with E-state index in [4.69, 9.17) is 38.2 Å². The lowest BCUT2D eigenvalue weighted by Gasteiger charge is -2.18. The fourth-order valence-corrected chi connectivity index (χ4v) is 3.10. The summed E-state index contributed by atoms with van der Waals surface area (Å²) >= 11 is 12.0. The third-order valence-corrected chi connectivity index (χ3v) is 4.46. The number of ether oxygens (including phenoxy) is 1. The Labute approximate surface area is 138 Å². The Balaban J connectivity index is 1.75. The van der Waals surface area contributed by atoms with Crippen LogP contribution in [0.15, 0.2) is 22.7 Å². The molecule has 0 amide bonds. The summed E-state index contributed by atoms with van der Waals surface area (Å²) in [5, 5.41) is 5.01. The van der Waals surface area contributed by atoms with Crippen LogP contribution in [0.4, 0.5) is 0 Å². The SMILES string of the molecule is CC(Oc1ccc(Cl)cc1Cl)c1nc(C2(N)CCCC2)no1. The lowest BCUT2D eigenvalue weighted by atomic mass is 9.99. The van der Waals surface area contributed by atoms with Gasteiger partial charge in [0.2, 0.25) is 0 Å². The van der Waals surface area contributed by atoms with Crippen molar-refractivity contribution in [1.29, 1.82) is 0 Å². The van der Waals surface area contributed by atoms with Gasteiger partial charge >= 0.3 is 0 Å². The summed E-state index contributed by atoms with van der Waals surface area (Å²) in [4.78, 5) is 4.41. The number of halogens is 2. The normalized spacial score (nSPS) is 18.4. The quantitative estimate of drug-likeness (QED) is 0.899. The molecule has 0 saturated heterocycles. The fourth-order valence-electron chi connectivity index (χ4n) is 2.64. The van der Waals surface area contributed by atoms with Crippen molar-refractivity contribution in [1.82, 2.24) is 10.1 Å². The summed E-state index contributed by atoms with van der Waals surface area (Å²) in [6.45, 7) is 1.82. The minimum absolute atomic E-state index is 0.387. The molecule has 0 bridgehead atoms. The third kappa shape index (κ3) is 3.07. The van der Waals surface area contributed by atoms with Gasteiger partial charge in [-0.1, -0.05) is 41.2 Å². The Kier molecular flexibility index (Phi) is 4.30. The van der Waals surface area contributed by atoms with Gasteiger partial charge in [-0.2, -0.15) is 4.98 Å². The van der Waals surface area contributed by atoms with Crippen molar-refractivity contribution >= 4 is 23.2 Å². The highest BCUT2D eigenvalue weighted by Gasteiger charge is 2.36. The molecule has 118 valence electrons. The van der Waals surface area contributed by atoms with E-state index >= 15 is 0 Å². The minimum Gasteiger partial charge on any atom is -0.479 e. The van der Waals surface area contributed by atoms with Crippen molar-refractivity contribution in [2.24, 2.45) is 5.73 Å². The monoisotopic (exact) mass is 341 g/mol. The molecule has 1 fully saturated rings. The number of hydrogen-bond donors (Lipinski definition) is 1. The molecule has 1 aliphatic rings. The summed E-state index contributed by atoms with van der Waals surface area (Å²) in [6.07, 6.45) is 3.51. The summed E-state index contributed by atoms with van der Waals surface area (Å²) in [5.74, 6) is 1.46. The molecule has 5 nitrogen and oxygen atoms in total. The van der Waals surface area contributed by atoms with Crippen LogP contribution >= 0.6 is 23.2 Å². The van der Waals surface area contributed by atoms with E-state index in [0.717, 1.165) is 25.7 Å². The van der Waals surface area contributed by atoms with Crippen LogP contribution in [0.3, 0.4) is 0 Å². The summed E-state index contributed by atoms with van der Waals surface area (Å²) in [5.41, 5.74) is 5.85. The molecule has 2 N–H and O–H groups in total. The average molecular weight is 342 g/mol. The average Bonchev–Trinajstić information content (AvgIpc) is 3.11. The van der Waals surface area contributed by atoms with Gasteiger partial charge < -0.3 is 15.0 Å². The van der Waals surface area contributed by atoms with E-state index in [1.807, 2.05) is 6.92 Å². The van der Waals surface area contributed by atoms with Crippen LogP contribution in [0.5, 0.6) is 5.75 Å². The lowest BCUT2D eigenvalue weighted by Crippen LogP contribution is -2.34. The predicted octanol–water partition coefficient (Wildman–Crippen LogP) is 4.24. The highest BCUT2D eigenvalue weighted by atomic mass is 35.5. The molecule has 1 heterocycles. The maximum Gasteiger partial charge on any atom is 0.267 e. The number of aromatic nitrogens is 2. The van der Waals surface area contributed by atoms with Crippen LogP contribution in [-0.4, -0.2) is 10.1 Å². The van der Waals surface area contributed by atoms with Gasteiger partial charge in [0.1, 0.15) is 5.75 Å². The standard InChI is InChI=1S/C15H17Cl2N3O2/c1-9(21-12-5-4-10(16)8-11(12)17)13-19-14(20-22-13)15(18)6-2-3-7-15/h4-5,8-9H,2-3,6-7,18H2,1H3. The molecular formula is C15H17Cl2N3O2. The maximum atomic E-state index is 6.33. The second-order valence-corrected chi connectivity index (χ2v) is 6.50. The van der Waals surface area contributed by atoms with Gasteiger partial charge in [0, 0.05) is 5.02 Å². The van der Waals surface area contributed by atoms with Gasteiger partial charge in [0.25, 0.3) is 5.89 Å². The van der Waals surface area contributed by atoms with E-state index < -0.39 is 11.6 Å². The van der Waals surface area contributed by atoms with Crippen molar-refractivity contribution in [3.05, 3.63) is 40.0 Å². The molecule has 1 aromatic carbocycles. The largest absolute Gasteiger partial charge is 0.479 e. The van der Waals surface area contributed by atoms with Crippen molar-refractivity contribution in [3.63, 3.8) is 0 Å². The zero-order valence-corrected chi connectivity index (χ0v) is 13.7. The number of hydrogen-bond acceptors (Lipinski definition) is 5. The second kappa shape index (κ2) is 6.07. The van der Waals surface area contributed by atoms with Gasteiger partial charge in [0.15, 0.2) is 11.9 Å². The van der Waals surface area contributed by atoms with Crippen LogP contribution in [0.25, 0.3) is 0 Å². The molecule has 0 spiro atoms. The summed E-state index contributed by atoms with van der Waals surface area (Å²) in [7, 11) is 0. The molecule has 3 rings (SSSR count). The van der Waals surface area contributed by atoms with Crippen LogP contribution < -0.4 is 10.5 Å². The summed E-state index contributed by atoms with van der Waals surface area (Å²) < 4.78 is 11.1. The van der Waals surface area contributed by atoms with Gasteiger partial charge in [-0.15, -0.1) is 0 Å². The van der Waals surface area contributed by atoms with E-state index in [1.165, 1.54) is 0 Å². The molecule has 1 unspecified atom stereocenters. The van der Waals surface area contributed by atoms with Gasteiger partial charge in [-0.3, -0.25) is 0 Å². The first kappa shape index (κ1) is 15.6. The third-order valence-electron chi connectivity index (χ3n) is 3.93. The Morgan fingerprint density at radius 2 is 2.05 bits per heavy atom. The van der Waals surface area contributed by atoms with Crippen LogP contribution in [0.1, 0.15) is 50.4 Å². The van der Waals surface area contributed by atoms with Crippen LogP contribution in [0.2, 0.25) is 10.0 Å². The fraction of sp³-hybridized carbons (Fsp3) is 0.467. The number of rotatable bonds is 4. The number of benzene rings is 1. The molecule has 1 aliphatic carbocycles. The van der Waals surface area contributed by atoms with E-state index in [0.29, 0.717) is 27.5 Å². The zero-order chi connectivity index (χ0) is 15.7. The van der Waals surface area contributed by atoms with Crippen LogP contribution in [-0.2, 0) is 5.54 Å². The van der Waals surface area contributed by atoms with Crippen molar-refractivity contribution < 1.29 is 9.26 Å². The van der Waals surface area contributed by atoms with E-state index in [-0.39, 0.29) is 0 Å². The molecule has 1 saturated carbocycles. The molecular weight excluding hydrogens is 325 g/mol. The minimum atomic E-state index is -0.473. The topological polar surface area (TPSA) is 74.2 Å². The van der Waals surface area contributed by atoms with E-state index in [9.17, 15) is 0 Å². The highest BCUT2D eigenvalue weighted by Crippen LogP contribution is 2.36. The van der Waals surface area contributed by atoms with E-state index in [2.05, 4.69) is 10.1 Å². The smallest absolute Gasteiger partial charge is 0.267 e. The Bertz CT molecular complexity index is 669.